The average Bonchev–Trinajstić information content (AvgIpc) is 3.02. The number of nitrogens with one attached hydrogen (secondary N) is 1. The first-order valence-electron chi connectivity index (χ1n) is 7.41. The summed E-state index contributed by atoms with van der Waals surface area (Å²) in [6.07, 6.45) is 1.59. The highest BCUT2D eigenvalue weighted by molar-refractivity contribution is 7.92. The van der Waals surface area contributed by atoms with Crippen LogP contribution in [0.4, 0.5) is 5.69 Å². The molecular formula is C15H18N4O2S2. The van der Waals surface area contributed by atoms with Crippen molar-refractivity contribution in [1.29, 1.82) is 0 Å². The Kier molecular flexibility index (Phi) is 4.11. The molecule has 8 heteroatoms. The quantitative estimate of drug-likeness (QED) is 0.767. The second-order valence-electron chi connectivity index (χ2n) is 5.21. The molecule has 3 rings (SSSR count). The van der Waals surface area contributed by atoms with Crippen LogP contribution in [-0.2, 0) is 22.9 Å². The van der Waals surface area contributed by atoms with Gasteiger partial charge in [0.05, 0.1) is 5.69 Å². The molecule has 122 valence electrons. The van der Waals surface area contributed by atoms with Crippen LogP contribution < -0.4 is 4.72 Å². The zero-order valence-corrected chi connectivity index (χ0v) is 14.8. The molecule has 2 heterocycles. The number of hydrogen-bond donors (Lipinski definition) is 1. The monoisotopic (exact) mass is 350 g/mol. The van der Waals surface area contributed by atoms with Gasteiger partial charge in [-0.2, -0.15) is 18.0 Å². The Morgan fingerprint density at radius 3 is 2.74 bits per heavy atom. The highest BCUT2D eigenvalue weighted by atomic mass is 32.2. The number of hydrogen-bond acceptors (Lipinski definition) is 5. The molecule has 0 unspecified atom stereocenters. The van der Waals surface area contributed by atoms with Crippen molar-refractivity contribution >= 4 is 32.0 Å². The lowest BCUT2D eigenvalue weighted by atomic mass is 10.1. The summed E-state index contributed by atoms with van der Waals surface area (Å²) in [7, 11) is -3.75. The molecule has 0 atom stereocenters. The van der Waals surface area contributed by atoms with Crippen molar-refractivity contribution in [2.45, 2.75) is 38.6 Å². The highest BCUT2D eigenvalue weighted by Gasteiger charge is 2.25. The Hall–Kier alpha value is -1.93. The fraction of sp³-hybridized carbons (Fsp3) is 0.333. The lowest BCUT2D eigenvalue weighted by Crippen LogP contribution is -2.16. The van der Waals surface area contributed by atoms with Gasteiger partial charge in [-0.1, -0.05) is 37.3 Å². The van der Waals surface area contributed by atoms with Crippen molar-refractivity contribution in [3.8, 4) is 0 Å². The maximum Gasteiger partial charge on any atom is 0.281 e. The number of anilines is 1. The maximum atomic E-state index is 12.8. The summed E-state index contributed by atoms with van der Waals surface area (Å²) in [5, 5.41) is 5.31. The number of sulfonamides is 1. The Labute approximate surface area is 139 Å². The first-order valence-corrected chi connectivity index (χ1v) is 9.71. The van der Waals surface area contributed by atoms with E-state index in [-0.39, 0.29) is 5.03 Å². The SMILES string of the molecule is CCc1cccc(NS(=O)(=O)c2c(C)nc3sc(CC)nn23)c1. The number of benzene rings is 1. The zero-order valence-electron chi connectivity index (χ0n) is 13.2. The average molecular weight is 350 g/mol. The van der Waals surface area contributed by atoms with E-state index < -0.39 is 10.0 Å². The van der Waals surface area contributed by atoms with Gasteiger partial charge in [-0.25, -0.2) is 4.98 Å². The van der Waals surface area contributed by atoms with Gasteiger partial charge in [-0.15, -0.1) is 0 Å². The Morgan fingerprint density at radius 2 is 2.04 bits per heavy atom. The molecule has 2 aromatic heterocycles. The molecule has 0 aliphatic heterocycles. The first-order chi connectivity index (χ1) is 10.9. The predicted molar refractivity (Wildman–Crippen MR) is 91.6 cm³/mol. The number of aromatic nitrogens is 3. The van der Waals surface area contributed by atoms with Crippen molar-refractivity contribution in [3.63, 3.8) is 0 Å². The molecule has 0 fully saturated rings. The summed E-state index contributed by atoms with van der Waals surface area (Å²) >= 11 is 1.41. The summed E-state index contributed by atoms with van der Waals surface area (Å²) in [5.41, 5.74) is 2.07. The van der Waals surface area contributed by atoms with Gasteiger partial charge in [-0.3, -0.25) is 4.72 Å². The van der Waals surface area contributed by atoms with Crippen LogP contribution in [0.5, 0.6) is 0 Å². The standard InChI is InChI=1S/C15H18N4O2S2/c1-4-11-7-6-8-12(9-11)18-23(20,21)14-10(3)16-15-19(14)17-13(5-2)22-15/h6-9,18H,4-5H2,1-3H3. The van der Waals surface area contributed by atoms with Crippen molar-refractivity contribution in [2.75, 3.05) is 4.72 Å². The van der Waals surface area contributed by atoms with Crippen LogP contribution in [0.25, 0.3) is 4.96 Å². The van der Waals surface area contributed by atoms with E-state index in [9.17, 15) is 8.42 Å². The van der Waals surface area contributed by atoms with E-state index in [1.54, 1.807) is 13.0 Å². The van der Waals surface area contributed by atoms with E-state index in [0.717, 1.165) is 23.4 Å². The summed E-state index contributed by atoms with van der Waals surface area (Å²) in [6.45, 7) is 5.69. The number of fused-ring (bicyclic) bond motifs is 1. The van der Waals surface area contributed by atoms with Crippen molar-refractivity contribution in [3.05, 3.63) is 40.5 Å². The summed E-state index contributed by atoms with van der Waals surface area (Å²) in [6, 6.07) is 7.38. The minimum atomic E-state index is -3.75. The van der Waals surface area contributed by atoms with Gasteiger partial charge in [0.15, 0.2) is 0 Å². The molecule has 0 bridgehead atoms. The van der Waals surface area contributed by atoms with E-state index >= 15 is 0 Å². The van der Waals surface area contributed by atoms with Gasteiger partial charge in [0, 0.05) is 5.69 Å². The molecule has 6 nitrogen and oxygen atoms in total. The topological polar surface area (TPSA) is 76.4 Å². The minimum absolute atomic E-state index is 0.102. The third-order valence-corrected chi connectivity index (χ3v) is 6.05. The largest absolute Gasteiger partial charge is 0.281 e. The fourth-order valence-corrected chi connectivity index (χ4v) is 4.64. The normalized spacial score (nSPS) is 12.0. The maximum absolute atomic E-state index is 12.8. The predicted octanol–water partition coefficient (Wildman–Crippen LogP) is 3.02. The van der Waals surface area contributed by atoms with Gasteiger partial charge in [0.1, 0.15) is 5.01 Å². The van der Waals surface area contributed by atoms with Gasteiger partial charge in [-0.05, 0) is 37.5 Å². The molecule has 0 aliphatic rings. The van der Waals surface area contributed by atoms with E-state index in [1.807, 2.05) is 32.0 Å². The lowest BCUT2D eigenvalue weighted by molar-refractivity contribution is 0.592. The van der Waals surface area contributed by atoms with E-state index in [1.165, 1.54) is 15.9 Å². The second kappa shape index (κ2) is 5.93. The molecule has 23 heavy (non-hydrogen) atoms. The number of rotatable bonds is 5. The minimum Gasteiger partial charge on any atom is -0.278 e. The number of imidazole rings is 1. The van der Waals surface area contributed by atoms with Gasteiger partial charge in [0.2, 0.25) is 9.99 Å². The van der Waals surface area contributed by atoms with Crippen molar-refractivity contribution in [2.24, 2.45) is 0 Å². The molecule has 0 saturated heterocycles. The first kappa shape index (κ1) is 15.9. The van der Waals surface area contributed by atoms with Crippen molar-refractivity contribution < 1.29 is 8.42 Å². The van der Waals surface area contributed by atoms with Crippen LogP contribution in [0.1, 0.15) is 30.1 Å². The van der Waals surface area contributed by atoms with E-state index in [4.69, 9.17) is 0 Å². The zero-order chi connectivity index (χ0) is 16.6. The molecule has 0 saturated carbocycles. The summed E-state index contributed by atoms with van der Waals surface area (Å²) in [4.78, 5) is 4.92. The third kappa shape index (κ3) is 2.96. The highest BCUT2D eigenvalue weighted by Crippen LogP contribution is 2.24. The Morgan fingerprint density at radius 1 is 1.26 bits per heavy atom. The van der Waals surface area contributed by atoms with Crippen molar-refractivity contribution in [1.82, 2.24) is 14.6 Å². The van der Waals surface area contributed by atoms with Crippen LogP contribution in [0.15, 0.2) is 29.3 Å². The van der Waals surface area contributed by atoms with E-state index in [2.05, 4.69) is 14.8 Å². The van der Waals surface area contributed by atoms with Gasteiger partial charge in [0.25, 0.3) is 10.0 Å². The fourth-order valence-electron chi connectivity index (χ4n) is 2.38. The van der Waals surface area contributed by atoms with Crippen LogP contribution in [0.3, 0.4) is 0 Å². The lowest BCUT2D eigenvalue weighted by Gasteiger charge is -2.08. The smallest absolute Gasteiger partial charge is 0.278 e. The Bertz CT molecular complexity index is 957. The molecule has 0 spiro atoms. The molecule has 3 aromatic rings. The number of aryl methyl sites for hydroxylation is 3. The molecular weight excluding hydrogens is 332 g/mol. The van der Waals surface area contributed by atoms with Crippen LogP contribution >= 0.6 is 11.3 Å². The summed E-state index contributed by atoms with van der Waals surface area (Å²) in [5.74, 6) is 0. The van der Waals surface area contributed by atoms with Gasteiger partial charge < -0.3 is 0 Å². The van der Waals surface area contributed by atoms with E-state index in [0.29, 0.717) is 16.3 Å². The number of nitrogens with zero attached hydrogens (tertiary/aromatic N) is 3. The van der Waals surface area contributed by atoms with Crippen LogP contribution in [0, 0.1) is 6.92 Å². The second-order valence-corrected chi connectivity index (χ2v) is 7.84. The Balaban J connectivity index is 2.05. The molecule has 0 amide bonds. The van der Waals surface area contributed by atoms with Crippen LogP contribution in [-0.4, -0.2) is 23.0 Å². The molecule has 0 aliphatic carbocycles. The molecule has 0 radical (unpaired) electrons. The molecule has 1 aromatic carbocycles. The van der Waals surface area contributed by atoms with Gasteiger partial charge >= 0.3 is 0 Å². The van der Waals surface area contributed by atoms with Crippen LogP contribution in [0.2, 0.25) is 0 Å². The summed E-state index contributed by atoms with van der Waals surface area (Å²) < 4.78 is 29.6. The molecule has 1 N–H and O–H groups in total. The third-order valence-electron chi connectivity index (χ3n) is 3.51.